The van der Waals surface area contributed by atoms with Gasteiger partial charge in [0.2, 0.25) is 5.91 Å². The number of nitrogens with zero attached hydrogens (tertiary/aromatic N) is 2. The Hall–Kier alpha value is -2.69. The molecule has 0 unspecified atom stereocenters. The number of fused-ring (bicyclic) bond motifs is 1. The second-order valence-corrected chi connectivity index (χ2v) is 5.57. The van der Waals surface area contributed by atoms with Gasteiger partial charge in [-0.25, -0.2) is 4.39 Å². The summed E-state index contributed by atoms with van der Waals surface area (Å²) in [5.74, 6) is -0.457. The van der Waals surface area contributed by atoms with E-state index in [1.165, 1.54) is 12.1 Å². The van der Waals surface area contributed by atoms with Gasteiger partial charge in [0.25, 0.3) is 0 Å². The van der Waals surface area contributed by atoms with Crippen molar-refractivity contribution in [2.45, 2.75) is 26.4 Å². The quantitative estimate of drug-likeness (QED) is 0.803. The lowest BCUT2D eigenvalue weighted by Crippen LogP contribution is -2.31. The van der Waals surface area contributed by atoms with Crippen molar-refractivity contribution < 1.29 is 9.18 Å². The number of carbonyl (C=O) groups is 1. The molecule has 1 heterocycles. The summed E-state index contributed by atoms with van der Waals surface area (Å²) in [7, 11) is 0. The second kappa shape index (κ2) is 6.20. The second-order valence-electron chi connectivity index (χ2n) is 5.57. The zero-order valence-electron chi connectivity index (χ0n) is 13.1. The minimum atomic E-state index is -0.442. The zero-order chi connectivity index (χ0) is 16.4. The fourth-order valence-electron chi connectivity index (χ4n) is 2.64. The molecule has 0 aliphatic carbocycles. The molecule has 0 saturated heterocycles. The number of carbonyl (C=O) groups excluding carboxylic acids is 1. The molecular formula is C18H18FN3O. The lowest BCUT2D eigenvalue weighted by atomic mass is 10.2. The monoisotopic (exact) mass is 311 g/mol. The van der Waals surface area contributed by atoms with Gasteiger partial charge < -0.3 is 5.32 Å². The Kier molecular flexibility index (Phi) is 4.10. The average Bonchev–Trinajstić information content (AvgIpc) is 2.89. The van der Waals surface area contributed by atoms with Crippen LogP contribution in [0.25, 0.3) is 10.9 Å². The maximum atomic E-state index is 13.2. The Balaban J connectivity index is 1.76. The number of halogens is 1. The van der Waals surface area contributed by atoms with Crippen molar-refractivity contribution in [3.8, 4) is 0 Å². The predicted molar refractivity (Wildman–Crippen MR) is 87.4 cm³/mol. The summed E-state index contributed by atoms with van der Waals surface area (Å²) in [5, 5.41) is 8.35. The third-order valence-corrected chi connectivity index (χ3v) is 3.90. The third-order valence-electron chi connectivity index (χ3n) is 3.90. The molecule has 0 aliphatic heterocycles. The molecule has 1 amide bonds. The number of nitrogens with one attached hydrogen (secondary N) is 1. The van der Waals surface area contributed by atoms with Crippen LogP contribution in [0.4, 0.5) is 4.39 Å². The van der Waals surface area contributed by atoms with Crippen LogP contribution in [0.5, 0.6) is 0 Å². The van der Waals surface area contributed by atoms with E-state index in [1.807, 2.05) is 31.2 Å². The first-order valence-corrected chi connectivity index (χ1v) is 7.52. The van der Waals surface area contributed by atoms with Gasteiger partial charge in [-0.3, -0.25) is 9.48 Å². The summed E-state index contributed by atoms with van der Waals surface area (Å²) in [5.41, 5.74) is 2.55. The van der Waals surface area contributed by atoms with Gasteiger partial charge in [0.15, 0.2) is 0 Å². The maximum Gasteiger partial charge on any atom is 0.244 e. The van der Waals surface area contributed by atoms with E-state index >= 15 is 0 Å². The van der Waals surface area contributed by atoms with E-state index in [0.717, 1.165) is 22.2 Å². The Morgan fingerprint density at radius 2 is 2.04 bits per heavy atom. The number of rotatable bonds is 4. The lowest BCUT2D eigenvalue weighted by molar-refractivity contribution is -0.124. The Morgan fingerprint density at radius 1 is 1.26 bits per heavy atom. The highest BCUT2D eigenvalue weighted by molar-refractivity contribution is 5.86. The molecule has 1 aromatic heterocycles. The number of benzene rings is 2. The van der Waals surface area contributed by atoms with Gasteiger partial charge in [0.05, 0.1) is 11.2 Å². The fraction of sp³-hybridized carbons (Fsp3) is 0.222. The van der Waals surface area contributed by atoms with Crippen LogP contribution in [-0.2, 0) is 11.3 Å². The molecule has 23 heavy (non-hydrogen) atoms. The molecule has 0 spiro atoms. The number of hydrogen-bond donors (Lipinski definition) is 1. The molecule has 1 N–H and O–H groups in total. The molecular weight excluding hydrogens is 293 g/mol. The van der Waals surface area contributed by atoms with Crippen LogP contribution >= 0.6 is 0 Å². The van der Waals surface area contributed by atoms with Crippen molar-refractivity contribution in [3.05, 3.63) is 65.6 Å². The van der Waals surface area contributed by atoms with Crippen molar-refractivity contribution in [2.75, 3.05) is 0 Å². The van der Waals surface area contributed by atoms with Gasteiger partial charge in [-0.15, -0.1) is 0 Å². The van der Waals surface area contributed by atoms with Crippen LogP contribution in [0.3, 0.4) is 0 Å². The molecule has 0 fully saturated rings. The molecule has 3 rings (SSSR count). The standard InChI is InChI=1S/C18H18FN3O/c1-12-16-8-3-4-9-17(16)22(21-12)13(2)18(23)20-11-14-6-5-7-15(19)10-14/h3-10,13H,11H2,1-2H3,(H,20,23)/t13-/m0/s1. The number of para-hydroxylation sites is 1. The smallest absolute Gasteiger partial charge is 0.244 e. The van der Waals surface area contributed by atoms with Crippen molar-refractivity contribution in [3.63, 3.8) is 0 Å². The van der Waals surface area contributed by atoms with Gasteiger partial charge in [0, 0.05) is 11.9 Å². The summed E-state index contributed by atoms with van der Waals surface area (Å²) in [6, 6.07) is 13.6. The molecule has 0 aliphatic rings. The van der Waals surface area contributed by atoms with Gasteiger partial charge in [-0.2, -0.15) is 5.10 Å². The normalized spacial score (nSPS) is 12.3. The molecule has 5 heteroatoms. The molecule has 3 aromatic rings. The molecule has 0 radical (unpaired) electrons. The van der Waals surface area contributed by atoms with Crippen molar-refractivity contribution in [1.82, 2.24) is 15.1 Å². The summed E-state index contributed by atoms with van der Waals surface area (Å²) in [4.78, 5) is 12.4. The Bertz CT molecular complexity index is 856. The fourth-order valence-corrected chi connectivity index (χ4v) is 2.64. The van der Waals surface area contributed by atoms with Crippen molar-refractivity contribution in [2.24, 2.45) is 0 Å². The van der Waals surface area contributed by atoms with Gasteiger partial charge in [-0.05, 0) is 37.6 Å². The van der Waals surface area contributed by atoms with Gasteiger partial charge in [0.1, 0.15) is 11.9 Å². The van der Waals surface area contributed by atoms with E-state index in [0.29, 0.717) is 6.54 Å². The lowest BCUT2D eigenvalue weighted by Gasteiger charge is -2.14. The number of hydrogen-bond acceptors (Lipinski definition) is 2. The van der Waals surface area contributed by atoms with Crippen molar-refractivity contribution >= 4 is 16.8 Å². The first-order valence-electron chi connectivity index (χ1n) is 7.52. The van der Waals surface area contributed by atoms with Crippen LogP contribution in [0, 0.1) is 12.7 Å². The number of amides is 1. The predicted octanol–water partition coefficient (Wildman–Crippen LogP) is 3.36. The molecule has 0 bridgehead atoms. The topological polar surface area (TPSA) is 46.9 Å². The Labute approximate surface area is 133 Å². The minimum Gasteiger partial charge on any atom is -0.350 e. The summed E-state index contributed by atoms with van der Waals surface area (Å²) >= 11 is 0. The van der Waals surface area contributed by atoms with E-state index in [1.54, 1.807) is 23.7 Å². The van der Waals surface area contributed by atoms with Crippen LogP contribution in [0.2, 0.25) is 0 Å². The van der Waals surface area contributed by atoms with Crippen LogP contribution in [-0.4, -0.2) is 15.7 Å². The van der Waals surface area contributed by atoms with Crippen LogP contribution < -0.4 is 5.32 Å². The van der Waals surface area contributed by atoms with E-state index < -0.39 is 6.04 Å². The summed E-state index contributed by atoms with van der Waals surface area (Å²) in [6.07, 6.45) is 0. The molecule has 4 nitrogen and oxygen atoms in total. The minimum absolute atomic E-state index is 0.150. The van der Waals surface area contributed by atoms with E-state index in [9.17, 15) is 9.18 Å². The molecule has 1 atom stereocenters. The third kappa shape index (κ3) is 3.08. The largest absolute Gasteiger partial charge is 0.350 e. The Morgan fingerprint density at radius 3 is 2.83 bits per heavy atom. The van der Waals surface area contributed by atoms with E-state index in [-0.39, 0.29) is 11.7 Å². The van der Waals surface area contributed by atoms with E-state index in [4.69, 9.17) is 0 Å². The molecule has 0 saturated carbocycles. The SMILES string of the molecule is Cc1nn([C@@H](C)C(=O)NCc2cccc(F)c2)c2ccccc12. The number of aryl methyl sites for hydroxylation is 1. The first kappa shape index (κ1) is 15.2. The van der Waals surface area contributed by atoms with E-state index in [2.05, 4.69) is 10.4 Å². The summed E-state index contributed by atoms with van der Waals surface area (Å²) in [6.45, 7) is 4.02. The highest BCUT2D eigenvalue weighted by atomic mass is 19.1. The number of aromatic nitrogens is 2. The molecule has 2 aromatic carbocycles. The maximum absolute atomic E-state index is 13.2. The average molecular weight is 311 g/mol. The van der Waals surface area contributed by atoms with Crippen LogP contribution in [0.15, 0.2) is 48.5 Å². The van der Waals surface area contributed by atoms with Crippen LogP contribution in [0.1, 0.15) is 24.2 Å². The zero-order valence-corrected chi connectivity index (χ0v) is 13.1. The van der Waals surface area contributed by atoms with Crippen molar-refractivity contribution in [1.29, 1.82) is 0 Å². The summed E-state index contributed by atoms with van der Waals surface area (Å²) < 4.78 is 14.9. The van der Waals surface area contributed by atoms with Gasteiger partial charge in [-0.1, -0.05) is 30.3 Å². The highest BCUT2D eigenvalue weighted by Crippen LogP contribution is 2.21. The molecule has 118 valence electrons. The first-order chi connectivity index (χ1) is 11.1. The van der Waals surface area contributed by atoms with Gasteiger partial charge >= 0.3 is 0 Å². The highest BCUT2D eigenvalue weighted by Gasteiger charge is 2.18.